The number of anilines is 1. The smallest absolute Gasteiger partial charge is 0.226 e. The van der Waals surface area contributed by atoms with Crippen LogP contribution in [0.15, 0.2) is 72.9 Å². The van der Waals surface area contributed by atoms with Gasteiger partial charge in [0.1, 0.15) is 5.82 Å². The fraction of sp³-hybridized carbons (Fsp3) is 0.207. The topological polar surface area (TPSA) is 62.2 Å². The van der Waals surface area contributed by atoms with Crippen LogP contribution in [-0.2, 0) is 4.79 Å². The number of hydrogen-bond acceptors (Lipinski definition) is 3. The van der Waals surface area contributed by atoms with E-state index in [1.165, 1.54) is 24.3 Å². The van der Waals surface area contributed by atoms with Crippen molar-refractivity contribution in [3.63, 3.8) is 0 Å². The zero-order valence-corrected chi connectivity index (χ0v) is 23.6. The molecule has 1 aliphatic rings. The molecule has 2 aromatic heterocycles. The molecule has 39 heavy (non-hydrogen) atoms. The molecular weight excluding hydrogens is 556 g/mol. The van der Waals surface area contributed by atoms with Crippen LogP contribution >= 0.6 is 35.4 Å². The summed E-state index contributed by atoms with van der Waals surface area (Å²) >= 11 is 18.7. The maximum atomic E-state index is 13.3. The minimum absolute atomic E-state index is 0.184. The Balaban J connectivity index is 1.48. The van der Waals surface area contributed by atoms with Crippen molar-refractivity contribution in [2.24, 2.45) is 0 Å². The number of benzene rings is 2. The fourth-order valence-electron chi connectivity index (χ4n) is 5.09. The van der Waals surface area contributed by atoms with Gasteiger partial charge < -0.3 is 20.1 Å². The lowest BCUT2D eigenvalue weighted by Crippen LogP contribution is -2.32. The summed E-state index contributed by atoms with van der Waals surface area (Å²) in [6, 6.07) is 18.7. The number of rotatable bonds is 7. The average molecular weight is 583 g/mol. The number of halogens is 3. The first-order valence-electron chi connectivity index (χ1n) is 12.4. The first-order chi connectivity index (χ1) is 18.7. The number of pyridine rings is 1. The number of nitrogens with zero attached hydrogens (tertiary/aromatic N) is 3. The van der Waals surface area contributed by atoms with Crippen LogP contribution in [0.5, 0.6) is 0 Å². The predicted octanol–water partition coefficient (Wildman–Crippen LogP) is 6.94. The van der Waals surface area contributed by atoms with Gasteiger partial charge in [0.25, 0.3) is 0 Å². The van der Waals surface area contributed by atoms with Gasteiger partial charge >= 0.3 is 0 Å². The molecule has 0 radical (unpaired) electrons. The second kappa shape index (κ2) is 11.3. The summed E-state index contributed by atoms with van der Waals surface area (Å²) in [7, 11) is 0. The summed E-state index contributed by atoms with van der Waals surface area (Å²) < 4.78 is 15.3. The Morgan fingerprint density at radius 2 is 1.87 bits per heavy atom. The lowest BCUT2D eigenvalue weighted by molar-refractivity contribution is -0.116. The first kappa shape index (κ1) is 27.1. The first-order valence-corrected chi connectivity index (χ1v) is 13.6. The highest BCUT2D eigenvalue weighted by Crippen LogP contribution is 2.42. The molecule has 2 N–H and O–H groups in total. The maximum absolute atomic E-state index is 13.3. The minimum atomic E-state index is -0.360. The second-order valence-corrected chi connectivity index (χ2v) is 10.5. The Morgan fingerprint density at radius 1 is 1.10 bits per heavy atom. The van der Waals surface area contributed by atoms with Crippen molar-refractivity contribution in [3.8, 4) is 5.69 Å². The lowest BCUT2D eigenvalue weighted by atomic mass is 9.96. The molecule has 1 fully saturated rings. The molecule has 2 unspecified atom stereocenters. The highest BCUT2D eigenvalue weighted by Gasteiger charge is 2.41. The third kappa shape index (κ3) is 5.50. The number of aromatic nitrogens is 2. The van der Waals surface area contributed by atoms with E-state index in [1.807, 2.05) is 49.1 Å². The van der Waals surface area contributed by atoms with Crippen LogP contribution < -0.4 is 10.6 Å². The third-order valence-electron chi connectivity index (χ3n) is 6.87. The molecule has 6 nitrogen and oxygen atoms in total. The van der Waals surface area contributed by atoms with E-state index < -0.39 is 0 Å². The number of nitrogens with one attached hydrogen (secondary N) is 2. The molecule has 0 saturated carbocycles. The Kier molecular flexibility index (Phi) is 7.88. The predicted molar refractivity (Wildman–Crippen MR) is 157 cm³/mol. The summed E-state index contributed by atoms with van der Waals surface area (Å²) in [6.45, 7) is 4.43. The van der Waals surface area contributed by atoms with Crippen molar-refractivity contribution in [1.82, 2.24) is 19.8 Å². The van der Waals surface area contributed by atoms with E-state index in [2.05, 4.69) is 26.3 Å². The molecule has 1 amide bonds. The van der Waals surface area contributed by atoms with Gasteiger partial charge in [-0.3, -0.25) is 9.78 Å². The number of carbonyl (C=O) groups excluding carboxylic acids is 1. The zero-order valence-electron chi connectivity index (χ0n) is 21.3. The molecule has 0 spiro atoms. The molecule has 1 aliphatic heterocycles. The maximum Gasteiger partial charge on any atom is 0.226 e. The SMILES string of the molecule is Cc1cc(C2C(c3ccccn3)NC(=S)N2CCC(=O)Nc2ccc(F)cc2)c(C)n1-c1cccc(Cl)c1Cl. The minimum Gasteiger partial charge on any atom is -0.352 e. The van der Waals surface area contributed by atoms with Gasteiger partial charge in [-0.1, -0.05) is 35.3 Å². The Morgan fingerprint density at radius 3 is 2.59 bits per heavy atom. The van der Waals surface area contributed by atoms with Gasteiger partial charge in [-0.15, -0.1) is 0 Å². The second-order valence-electron chi connectivity index (χ2n) is 9.36. The van der Waals surface area contributed by atoms with Crippen LogP contribution in [0.3, 0.4) is 0 Å². The molecule has 10 heteroatoms. The van der Waals surface area contributed by atoms with Crippen molar-refractivity contribution in [3.05, 3.63) is 111 Å². The zero-order chi connectivity index (χ0) is 27.7. The third-order valence-corrected chi connectivity index (χ3v) is 8.03. The molecule has 5 rings (SSSR count). The van der Waals surface area contributed by atoms with Gasteiger partial charge in [-0.05, 0) is 86.2 Å². The quantitative estimate of drug-likeness (QED) is 0.231. The molecule has 0 aliphatic carbocycles. The molecule has 2 atom stereocenters. The molecule has 0 bridgehead atoms. The Hall–Kier alpha value is -3.46. The van der Waals surface area contributed by atoms with Crippen LogP contribution in [0.25, 0.3) is 5.69 Å². The van der Waals surface area contributed by atoms with E-state index >= 15 is 0 Å². The van der Waals surface area contributed by atoms with Crippen molar-refractivity contribution < 1.29 is 9.18 Å². The highest BCUT2D eigenvalue weighted by molar-refractivity contribution is 7.80. The number of carbonyl (C=O) groups is 1. The average Bonchev–Trinajstić information content (AvgIpc) is 3.40. The van der Waals surface area contributed by atoms with Crippen LogP contribution in [-0.4, -0.2) is 32.0 Å². The van der Waals surface area contributed by atoms with Gasteiger partial charge in [0.05, 0.1) is 33.5 Å². The van der Waals surface area contributed by atoms with Gasteiger partial charge in [0, 0.05) is 36.2 Å². The molecule has 1 saturated heterocycles. The fourth-order valence-corrected chi connectivity index (χ4v) is 5.80. The standard InChI is InChI=1S/C29H26Cl2FN5OS/c1-17-16-21(18(2)37(17)24-8-5-6-22(30)26(24)31)28-27(23-7-3-4-14-33-23)35-29(39)36(28)15-13-25(38)34-20-11-9-19(32)10-12-20/h3-12,14,16,27-28H,13,15H2,1-2H3,(H,34,38)(H,35,39). The van der Waals surface area contributed by atoms with Crippen LogP contribution in [0.1, 0.15) is 41.1 Å². The van der Waals surface area contributed by atoms with E-state index in [0.717, 1.165) is 28.3 Å². The summed E-state index contributed by atoms with van der Waals surface area (Å²) in [5.74, 6) is -0.554. The Labute approximate surface area is 241 Å². The van der Waals surface area contributed by atoms with E-state index in [4.69, 9.17) is 35.4 Å². The normalized spacial score (nSPS) is 16.8. The van der Waals surface area contributed by atoms with Crippen molar-refractivity contribution in [2.75, 3.05) is 11.9 Å². The number of thiocarbonyl (C=S) groups is 1. The van der Waals surface area contributed by atoms with E-state index in [1.54, 1.807) is 12.3 Å². The van der Waals surface area contributed by atoms with Crippen LogP contribution in [0.4, 0.5) is 10.1 Å². The van der Waals surface area contributed by atoms with Gasteiger partial charge in [0.2, 0.25) is 5.91 Å². The highest BCUT2D eigenvalue weighted by atomic mass is 35.5. The largest absolute Gasteiger partial charge is 0.352 e. The number of hydrogen-bond donors (Lipinski definition) is 2. The molecule has 4 aromatic rings. The summed E-state index contributed by atoms with van der Waals surface area (Å²) in [4.78, 5) is 19.4. The summed E-state index contributed by atoms with van der Waals surface area (Å²) in [6.07, 6.45) is 1.94. The Bertz CT molecular complexity index is 1530. The number of aryl methyl sites for hydroxylation is 1. The van der Waals surface area contributed by atoms with Crippen molar-refractivity contribution in [2.45, 2.75) is 32.4 Å². The van der Waals surface area contributed by atoms with Crippen molar-refractivity contribution in [1.29, 1.82) is 0 Å². The van der Waals surface area contributed by atoms with Crippen molar-refractivity contribution >= 4 is 52.1 Å². The monoisotopic (exact) mass is 581 g/mol. The summed E-state index contributed by atoms with van der Waals surface area (Å²) in [5.41, 5.74) is 5.17. The van der Waals surface area contributed by atoms with E-state index in [9.17, 15) is 9.18 Å². The van der Waals surface area contributed by atoms with Crippen LogP contribution in [0.2, 0.25) is 10.0 Å². The van der Waals surface area contributed by atoms with Gasteiger partial charge in [-0.25, -0.2) is 4.39 Å². The lowest BCUT2D eigenvalue weighted by Gasteiger charge is -2.28. The van der Waals surface area contributed by atoms with Gasteiger partial charge in [0.15, 0.2) is 5.11 Å². The number of amides is 1. The molecule has 200 valence electrons. The summed E-state index contributed by atoms with van der Waals surface area (Å²) in [5, 5.41) is 7.74. The van der Waals surface area contributed by atoms with Crippen LogP contribution in [0, 0.1) is 19.7 Å². The molecule has 2 aromatic carbocycles. The van der Waals surface area contributed by atoms with Gasteiger partial charge in [-0.2, -0.15) is 0 Å². The van der Waals surface area contributed by atoms with E-state index in [0.29, 0.717) is 27.4 Å². The molecular formula is C29H26Cl2FN5OS. The molecule has 3 heterocycles. The van der Waals surface area contributed by atoms with E-state index in [-0.39, 0.29) is 30.2 Å².